The lowest BCUT2D eigenvalue weighted by Crippen LogP contribution is -2.51. The predicted octanol–water partition coefficient (Wildman–Crippen LogP) is -7.48. The van der Waals surface area contributed by atoms with Crippen LogP contribution in [0, 0.1) is 0 Å². The van der Waals surface area contributed by atoms with Gasteiger partial charge in [-0.25, -0.2) is 0 Å². The van der Waals surface area contributed by atoms with E-state index in [1.807, 2.05) is 0 Å². The molecule has 0 amide bonds. The first-order valence-electron chi connectivity index (χ1n) is 8.12. The third kappa shape index (κ3) is 7.23. The Kier molecular flexibility index (Phi) is 11.4. The molecule has 0 rings (SSSR count). The van der Waals surface area contributed by atoms with Gasteiger partial charge in [-0.1, -0.05) is 0 Å². The van der Waals surface area contributed by atoms with Crippen molar-refractivity contribution in [3.8, 4) is 0 Å². The predicted molar refractivity (Wildman–Crippen MR) is 86.9 cm³/mol. The molecule has 0 unspecified atom stereocenters. The third-order valence-electron chi connectivity index (χ3n) is 3.92. The molecule has 0 aliphatic heterocycles. The van der Waals surface area contributed by atoms with Crippen LogP contribution in [0.1, 0.15) is 6.42 Å². The number of hydrogen-bond donors (Lipinski definition) is 10. The lowest BCUT2D eigenvalue weighted by molar-refractivity contribution is -0.158. The molecular formula is C15H24O14. The maximum Gasteiger partial charge on any atom is 0.229 e. The molecule has 168 valence electrons. The van der Waals surface area contributed by atoms with Gasteiger partial charge in [-0.15, -0.1) is 0 Å². The van der Waals surface area contributed by atoms with Gasteiger partial charge in [-0.2, -0.15) is 0 Å². The van der Waals surface area contributed by atoms with Crippen molar-refractivity contribution in [2.24, 2.45) is 0 Å². The van der Waals surface area contributed by atoms with E-state index in [1.54, 1.807) is 0 Å². The number of Topliss-reactive ketones (excluding diaryl/α,β-unsaturated/α-hetero) is 4. The SMILES string of the molecule is O=C(CC(=O)C(=O)[C@H](O)[C@@H](O)[C@H](O)[C@H](O)CO)C(=O)[C@H](O)[C@@H](O)[C@H](O)[C@H](O)CO. The van der Waals surface area contributed by atoms with Gasteiger partial charge in [-0.05, 0) is 0 Å². The topological polar surface area (TPSA) is 271 Å². The summed E-state index contributed by atoms with van der Waals surface area (Å²) in [5, 5.41) is 92.3. The number of rotatable bonds is 14. The summed E-state index contributed by atoms with van der Waals surface area (Å²) in [6, 6.07) is 0. The van der Waals surface area contributed by atoms with Gasteiger partial charge in [0, 0.05) is 0 Å². The van der Waals surface area contributed by atoms with Crippen LogP contribution in [0.4, 0.5) is 0 Å². The van der Waals surface area contributed by atoms with Crippen LogP contribution in [-0.2, 0) is 19.2 Å². The minimum Gasteiger partial charge on any atom is -0.394 e. The molecule has 0 bridgehead atoms. The monoisotopic (exact) mass is 428 g/mol. The fraction of sp³-hybridized carbons (Fsp3) is 0.733. The Morgan fingerprint density at radius 2 is 0.793 bits per heavy atom. The van der Waals surface area contributed by atoms with Crippen molar-refractivity contribution in [3.63, 3.8) is 0 Å². The van der Waals surface area contributed by atoms with Gasteiger partial charge in [-0.3, -0.25) is 19.2 Å². The second kappa shape index (κ2) is 12.1. The maximum atomic E-state index is 11.7. The van der Waals surface area contributed by atoms with E-state index in [-0.39, 0.29) is 0 Å². The van der Waals surface area contributed by atoms with Crippen molar-refractivity contribution >= 4 is 23.1 Å². The van der Waals surface area contributed by atoms with Crippen LogP contribution < -0.4 is 0 Å². The largest absolute Gasteiger partial charge is 0.394 e. The summed E-state index contributed by atoms with van der Waals surface area (Å²) in [4.78, 5) is 46.8. The van der Waals surface area contributed by atoms with Gasteiger partial charge >= 0.3 is 0 Å². The van der Waals surface area contributed by atoms with Gasteiger partial charge in [0.2, 0.25) is 23.1 Å². The normalized spacial score (nSPS) is 19.9. The number of hydrogen-bond acceptors (Lipinski definition) is 14. The third-order valence-corrected chi connectivity index (χ3v) is 3.92. The Balaban J connectivity index is 5.00. The number of carbonyl (C=O) groups is 4. The van der Waals surface area contributed by atoms with Crippen molar-refractivity contribution in [2.75, 3.05) is 13.2 Å². The van der Waals surface area contributed by atoms with Crippen LogP contribution in [0.5, 0.6) is 0 Å². The lowest BCUT2D eigenvalue weighted by Gasteiger charge is -2.25. The fourth-order valence-corrected chi connectivity index (χ4v) is 2.00. The minimum atomic E-state index is -2.63. The molecule has 0 aromatic carbocycles. The first-order chi connectivity index (χ1) is 13.3. The molecule has 0 saturated carbocycles. The molecule has 0 aliphatic rings. The molecule has 0 saturated heterocycles. The average molecular weight is 428 g/mol. The molecule has 8 atom stereocenters. The summed E-state index contributed by atoms with van der Waals surface area (Å²) in [6.07, 6.45) is -20.0. The zero-order valence-corrected chi connectivity index (χ0v) is 14.8. The number of aliphatic hydroxyl groups is 10. The molecule has 0 aromatic heterocycles. The summed E-state index contributed by atoms with van der Waals surface area (Å²) < 4.78 is 0. The smallest absolute Gasteiger partial charge is 0.229 e. The van der Waals surface area contributed by atoms with Crippen molar-refractivity contribution in [1.82, 2.24) is 0 Å². The van der Waals surface area contributed by atoms with Crippen LogP contribution in [-0.4, -0.2) is 136 Å². The highest BCUT2D eigenvalue weighted by atomic mass is 16.4. The quantitative estimate of drug-likeness (QED) is 0.0909. The summed E-state index contributed by atoms with van der Waals surface area (Å²) in [5.74, 6) is -7.15. The summed E-state index contributed by atoms with van der Waals surface area (Å²) in [6.45, 7) is -2.12. The summed E-state index contributed by atoms with van der Waals surface area (Å²) >= 11 is 0. The number of aliphatic hydroxyl groups excluding tert-OH is 10. The molecule has 0 fully saturated rings. The van der Waals surface area contributed by atoms with E-state index in [0.717, 1.165) is 0 Å². The van der Waals surface area contributed by atoms with Gasteiger partial charge in [0.15, 0.2) is 0 Å². The number of carbonyl (C=O) groups excluding carboxylic acids is 4. The van der Waals surface area contributed by atoms with Gasteiger partial charge < -0.3 is 51.1 Å². The van der Waals surface area contributed by atoms with Crippen LogP contribution in [0.3, 0.4) is 0 Å². The zero-order valence-electron chi connectivity index (χ0n) is 14.8. The van der Waals surface area contributed by atoms with E-state index in [4.69, 9.17) is 20.4 Å². The molecule has 10 N–H and O–H groups in total. The van der Waals surface area contributed by atoms with Gasteiger partial charge in [0.1, 0.15) is 48.8 Å². The van der Waals surface area contributed by atoms with E-state index in [1.165, 1.54) is 0 Å². The van der Waals surface area contributed by atoms with E-state index >= 15 is 0 Å². The second-order valence-corrected chi connectivity index (χ2v) is 6.10. The van der Waals surface area contributed by atoms with Gasteiger partial charge in [0.05, 0.1) is 19.6 Å². The van der Waals surface area contributed by atoms with E-state index in [9.17, 15) is 49.8 Å². The zero-order chi connectivity index (χ0) is 23.0. The van der Waals surface area contributed by atoms with Crippen molar-refractivity contribution in [2.45, 2.75) is 55.3 Å². The average Bonchev–Trinajstić information content (AvgIpc) is 2.73. The van der Waals surface area contributed by atoms with E-state index < -0.39 is 91.6 Å². The van der Waals surface area contributed by atoms with Crippen LogP contribution in [0.2, 0.25) is 0 Å². The Hall–Kier alpha value is -1.72. The summed E-state index contributed by atoms with van der Waals surface area (Å²) in [7, 11) is 0. The second-order valence-electron chi connectivity index (χ2n) is 6.10. The fourth-order valence-electron chi connectivity index (χ4n) is 2.00. The molecule has 0 spiro atoms. The van der Waals surface area contributed by atoms with Crippen molar-refractivity contribution in [3.05, 3.63) is 0 Å². The highest BCUT2D eigenvalue weighted by Gasteiger charge is 2.40. The van der Waals surface area contributed by atoms with E-state index in [0.29, 0.717) is 0 Å². The molecule has 14 heteroatoms. The molecule has 14 nitrogen and oxygen atoms in total. The molecule has 29 heavy (non-hydrogen) atoms. The van der Waals surface area contributed by atoms with Crippen molar-refractivity contribution in [1.29, 1.82) is 0 Å². The maximum absolute atomic E-state index is 11.7. The highest BCUT2D eigenvalue weighted by molar-refractivity contribution is 6.50. The Morgan fingerprint density at radius 3 is 1.03 bits per heavy atom. The Labute approximate surface area is 162 Å². The molecule has 0 aliphatic carbocycles. The van der Waals surface area contributed by atoms with E-state index in [2.05, 4.69) is 0 Å². The standard InChI is InChI=1S/C15H24O14/c16-2-6(20)10(24)14(28)12(26)8(22)4(18)1-5(19)9(23)13(27)15(29)11(25)7(21)3-17/h6-7,10-17,20-21,24-29H,1-3H2/t6-,7-,10-,11-,12+,13+,14+,15+/m1/s1. The molecule has 0 heterocycles. The number of ketones is 4. The summed E-state index contributed by atoms with van der Waals surface area (Å²) in [5.41, 5.74) is 0. The molecule has 0 aromatic rings. The Morgan fingerprint density at radius 1 is 0.517 bits per heavy atom. The minimum absolute atomic E-state index is 1.06. The molecule has 0 radical (unpaired) electrons. The first kappa shape index (κ1) is 27.3. The Bertz CT molecular complexity index is 542. The van der Waals surface area contributed by atoms with Crippen LogP contribution >= 0.6 is 0 Å². The first-order valence-corrected chi connectivity index (χ1v) is 8.12. The van der Waals surface area contributed by atoms with Gasteiger partial charge in [0.25, 0.3) is 0 Å². The highest BCUT2D eigenvalue weighted by Crippen LogP contribution is 2.10. The molecular weight excluding hydrogens is 404 g/mol. The van der Waals surface area contributed by atoms with Crippen LogP contribution in [0.15, 0.2) is 0 Å². The van der Waals surface area contributed by atoms with Crippen molar-refractivity contribution < 1.29 is 70.2 Å². The van der Waals surface area contributed by atoms with Crippen LogP contribution in [0.25, 0.3) is 0 Å². The lowest BCUT2D eigenvalue weighted by atomic mass is 9.94.